The number of hydrogen-bond acceptors (Lipinski definition) is 6. The Balaban J connectivity index is 3.04. The molecule has 0 spiro atoms. The van der Waals surface area contributed by atoms with E-state index in [2.05, 4.69) is 0 Å². The van der Waals surface area contributed by atoms with Crippen molar-refractivity contribution in [2.75, 3.05) is 52.0 Å². The van der Waals surface area contributed by atoms with Crippen LogP contribution in [0.4, 0.5) is 0 Å². The Morgan fingerprint density at radius 2 is 1.29 bits per heavy atom. The van der Waals surface area contributed by atoms with Gasteiger partial charge < -0.3 is 19.3 Å². The van der Waals surface area contributed by atoms with Gasteiger partial charge in [0, 0.05) is 6.61 Å². The highest BCUT2D eigenvalue weighted by molar-refractivity contribution is 7.85. The molecule has 0 aromatic carbocycles. The Bertz CT molecular complexity index is 252. The summed E-state index contributed by atoms with van der Waals surface area (Å²) in [5.41, 5.74) is 0. The molecule has 0 aromatic heterocycles. The molecule has 0 unspecified atom stereocenters. The predicted molar refractivity (Wildman–Crippen MR) is 60.6 cm³/mol. The molecule has 0 radical (unpaired) electrons. The minimum Gasteiger partial charge on any atom is -0.394 e. The first-order chi connectivity index (χ1) is 8.06. The second kappa shape index (κ2) is 10.9. The fourth-order valence-corrected chi connectivity index (χ4v) is 1.43. The standard InChI is InChI=1S/C9H20O7S/c10-2-4-15-6-8-16-7-5-14-3-1-9-17(11,12)13/h10H,1-9H2,(H,11,12,13). The molecule has 8 heteroatoms. The van der Waals surface area contributed by atoms with E-state index in [1.54, 1.807) is 0 Å². The van der Waals surface area contributed by atoms with Crippen molar-refractivity contribution in [2.24, 2.45) is 0 Å². The predicted octanol–water partition coefficient (Wildman–Crippen LogP) is -0.694. The van der Waals surface area contributed by atoms with Crippen molar-refractivity contribution in [2.45, 2.75) is 6.42 Å². The van der Waals surface area contributed by atoms with Crippen molar-refractivity contribution in [3.8, 4) is 0 Å². The molecule has 0 amide bonds. The van der Waals surface area contributed by atoms with Gasteiger partial charge >= 0.3 is 0 Å². The lowest BCUT2D eigenvalue weighted by molar-refractivity contribution is 0.00787. The van der Waals surface area contributed by atoms with E-state index in [1.165, 1.54) is 0 Å². The van der Waals surface area contributed by atoms with E-state index in [9.17, 15) is 8.42 Å². The summed E-state index contributed by atoms with van der Waals surface area (Å²) in [6.07, 6.45) is 0.262. The molecule has 0 aliphatic carbocycles. The first-order valence-electron chi connectivity index (χ1n) is 5.35. The van der Waals surface area contributed by atoms with Crippen molar-refractivity contribution in [1.29, 1.82) is 0 Å². The second-order valence-corrected chi connectivity index (χ2v) is 4.77. The summed E-state index contributed by atoms with van der Waals surface area (Å²) in [7, 11) is -3.88. The zero-order valence-corrected chi connectivity index (χ0v) is 10.5. The van der Waals surface area contributed by atoms with Gasteiger partial charge in [-0.15, -0.1) is 0 Å². The smallest absolute Gasteiger partial charge is 0.264 e. The van der Waals surface area contributed by atoms with Crippen LogP contribution >= 0.6 is 0 Å². The van der Waals surface area contributed by atoms with E-state index >= 15 is 0 Å². The summed E-state index contributed by atoms with van der Waals surface area (Å²) >= 11 is 0. The summed E-state index contributed by atoms with van der Waals surface area (Å²) in [5.74, 6) is -0.289. The Morgan fingerprint density at radius 1 is 0.824 bits per heavy atom. The lowest BCUT2D eigenvalue weighted by Gasteiger charge is -2.05. The Hall–Kier alpha value is -0.250. The van der Waals surface area contributed by atoms with Gasteiger partial charge in [-0.3, -0.25) is 4.55 Å². The van der Waals surface area contributed by atoms with E-state index in [-0.39, 0.29) is 25.4 Å². The molecule has 0 aliphatic rings. The summed E-state index contributed by atoms with van der Waals surface area (Å²) in [5, 5.41) is 8.40. The fraction of sp³-hybridized carbons (Fsp3) is 1.00. The van der Waals surface area contributed by atoms with Crippen LogP contribution in [0.25, 0.3) is 0 Å². The molecule has 104 valence electrons. The maximum absolute atomic E-state index is 10.3. The lowest BCUT2D eigenvalue weighted by atomic mass is 10.5. The van der Waals surface area contributed by atoms with Gasteiger partial charge in [0.25, 0.3) is 10.1 Å². The molecule has 0 aromatic rings. The van der Waals surface area contributed by atoms with Crippen LogP contribution in [0.1, 0.15) is 6.42 Å². The van der Waals surface area contributed by atoms with Crippen molar-refractivity contribution in [3.05, 3.63) is 0 Å². The molecule has 0 bridgehead atoms. The molecular weight excluding hydrogens is 252 g/mol. The van der Waals surface area contributed by atoms with Crippen LogP contribution < -0.4 is 0 Å². The molecule has 17 heavy (non-hydrogen) atoms. The molecule has 0 heterocycles. The normalized spacial score (nSPS) is 11.9. The molecule has 0 rings (SSSR count). The van der Waals surface area contributed by atoms with E-state index < -0.39 is 10.1 Å². The lowest BCUT2D eigenvalue weighted by Crippen LogP contribution is -2.12. The minimum absolute atomic E-state index is 0.00310. The Kier molecular flexibility index (Phi) is 10.7. The maximum atomic E-state index is 10.3. The highest BCUT2D eigenvalue weighted by Gasteiger charge is 2.02. The number of rotatable bonds is 12. The van der Waals surface area contributed by atoms with Crippen LogP contribution in [0, 0.1) is 0 Å². The molecule has 0 saturated heterocycles. The Labute approximate surface area is 101 Å². The summed E-state index contributed by atoms with van der Waals surface area (Å²) in [4.78, 5) is 0. The highest BCUT2D eigenvalue weighted by Crippen LogP contribution is 1.89. The third kappa shape index (κ3) is 15.8. The van der Waals surface area contributed by atoms with E-state index in [0.29, 0.717) is 33.0 Å². The van der Waals surface area contributed by atoms with Crippen molar-refractivity contribution in [1.82, 2.24) is 0 Å². The number of aliphatic hydroxyl groups is 1. The monoisotopic (exact) mass is 272 g/mol. The number of ether oxygens (including phenoxy) is 3. The van der Waals surface area contributed by atoms with Gasteiger partial charge in [-0.25, -0.2) is 0 Å². The zero-order valence-electron chi connectivity index (χ0n) is 9.71. The molecule has 2 N–H and O–H groups in total. The molecule has 0 saturated carbocycles. The van der Waals surface area contributed by atoms with Crippen LogP contribution in [-0.4, -0.2) is 70.1 Å². The maximum Gasteiger partial charge on any atom is 0.264 e. The van der Waals surface area contributed by atoms with Gasteiger partial charge in [-0.1, -0.05) is 0 Å². The van der Waals surface area contributed by atoms with Gasteiger partial charge in [0.2, 0.25) is 0 Å². The van der Waals surface area contributed by atoms with E-state index in [4.69, 9.17) is 23.9 Å². The van der Waals surface area contributed by atoms with E-state index in [1.807, 2.05) is 0 Å². The summed E-state index contributed by atoms with van der Waals surface area (Å²) in [6, 6.07) is 0. The quantitative estimate of drug-likeness (QED) is 0.358. The second-order valence-electron chi connectivity index (χ2n) is 3.20. The van der Waals surface area contributed by atoms with Crippen LogP contribution in [-0.2, 0) is 24.3 Å². The number of aliphatic hydroxyl groups excluding tert-OH is 1. The largest absolute Gasteiger partial charge is 0.394 e. The SMILES string of the molecule is O=S(=O)(O)CCCOCCOCCOCCO. The van der Waals surface area contributed by atoms with Gasteiger partial charge in [0.15, 0.2) is 0 Å². The van der Waals surface area contributed by atoms with Gasteiger partial charge in [-0.2, -0.15) is 8.42 Å². The highest BCUT2D eigenvalue weighted by atomic mass is 32.2. The average Bonchev–Trinajstić information content (AvgIpc) is 2.24. The van der Waals surface area contributed by atoms with E-state index in [0.717, 1.165) is 0 Å². The molecule has 7 nitrogen and oxygen atoms in total. The van der Waals surface area contributed by atoms with Crippen LogP contribution in [0.3, 0.4) is 0 Å². The topological polar surface area (TPSA) is 102 Å². The number of hydrogen-bond donors (Lipinski definition) is 2. The first kappa shape index (κ1) is 16.8. The van der Waals surface area contributed by atoms with Gasteiger partial charge in [0.1, 0.15) is 0 Å². The molecule has 0 fully saturated rings. The molecule has 0 aliphatic heterocycles. The van der Waals surface area contributed by atoms with Crippen LogP contribution in [0.5, 0.6) is 0 Å². The van der Waals surface area contributed by atoms with Gasteiger partial charge in [-0.05, 0) is 6.42 Å². The van der Waals surface area contributed by atoms with Crippen molar-refractivity contribution < 1.29 is 32.3 Å². The molecule has 0 atom stereocenters. The average molecular weight is 272 g/mol. The molecular formula is C9H20O7S. The fourth-order valence-electron chi connectivity index (χ4n) is 0.950. The minimum atomic E-state index is -3.88. The van der Waals surface area contributed by atoms with Crippen LogP contribution in [0.2, 0.25) is 0 Å². The Morgan fingerprint density at radius 3 is 1.76 bits per heavy atom. The van der Waals surface area contributed by atoms with Crippen molar-refractivity contribution in [3.63, 3.8) is 0 Å². The van der Waals surface area contributed by atoms with Gasteiger partial charge in [0.05, 0.1) is 45.4 Å². The summed E-state index contributed by atoms with van der Waals surface area (Å²) < 4.78 is 44.3. The summed E-state index contributed by atoms with van der Waals surface area (Å²) in [6.45, 7) is 2.17. The zero-order chi connectivity index (χ0) is 13.0. The third-order valence-electron chi connectivity index (χ3n) is 1.67. The third-order valence-corrected chi connectivity index (χ3v) is 2.48. The van der Waals surface area contributed by atoms with Crippen molar-refractivity contribution >= 4 is 10.1 Å². The first-order valence-corrected chi connectivity index (χ1v) is 6.96. The van der Waals surface area contributed by atoms with Crippen LogP contribution in [0.15, 0.2) is 0 Å².